The van der Waals surface area contributed by atoms with Crippen LogP contribution in [0.2, 0.25) is 0 Å². The molecule has 136 valence electrons. The van der Waals surface area contributed by atoms with Crippen molar-refractivity contribution in [2.24, 2.45) is 0 Å². The Kier molecular flexibility index (Phi) is 5.01. The summed E-state index contributed by atoms with van der Waals surface area (Å²) in [5.41, 5.74) is 0.744. The molecule has 2 aliphatic rings. The lowest BCUT2D eigenvalue weighted by molar-refractivity contribution is -0.120. The summed E-state index contributed by atoms with van der Waals surface area (Å²) in [5.74, 6) is 0.531. The molecule has 0 bridgehead atoms. The molecule has 1 heterocycles. The number of benzene rings is 1. The first kappa shape index (κ1) is 17.4. The molecular formula is C18H25N3O4. The first-order chi connectivity index (χ1) is 12.0. The SMILES string of the molecule is CCNC(=O)NC(=O)C(C)Nc1ccc2c(c1)OC1(CCCCC1)O2. The molecule has 1 aliphatic carbocycles. The van der Waals surface area contributed by atoms with E-state index in [1.165, 1.54) is 6.42 Å². The van der Waals surface area contributed by atoms with E-state index >= 15 is 0 Å². The number of fused-ring (bicyclic) bond motifs is 1. The zero-order valence-electron chi connectivity index (χ0n) is 14.7. The smallest absolute Gasteiger partial charge is 0.321 e. The Hall–Kier alpha value is -2.44. The highest BCUT2D eigenvalue weighted by Gasteiger charge is 2.42. The Morgan fingerprint density at radius 1 is 1.16 bits per heavy atom. The van der Waals surface area contributed by atoms with E-state index in [1.54, 1.807) is 13.8 Å². The van der Waals surface area contributed by atoms with Crippen molar-refractivity contribution in [3.05, 3.63) is 18.2 Å². The number of rotatable bonds is 4. The van der Waals surface area contributed by atoms with Gasteiger partial charge in [-0.15, -0.1) is 0 Å². The first-order valence-corrected chi connectivity index (χ1v) is 8.89. The number of urea groups is 1. The van der Waals surface area contributed by atoms with Crippen molar-refractivity contribution >= 4 is 17.6 Å². The van der Waals surface area contributed by atoms with Crippen LogP contribution in [-0.2, 0) is 4.79 Å². The van der Waals surface area contributed by atoms with Crippen LogP contribution >= 0.6 is 0 Å². The molecule has 1 unspecified atom stereocenters. The van der Waals surface area contributed by atoms with Crippen molar-refractivity contribution in [1.82, 2.24) is 10.6 Å². The zero-order chi connectivity index (χ0) is 17.9. The Balaban J connectivity index is 1.61. The van der Waals surface area contributed by atoms with Gasteiger partial charge in [0.05, 0.1) is 0 Å². The average Bonchev–Trinajstić information content (AvgIpc) is 2.92. The van der Waals surface area contributed by atoms with Crippen molar-refractivity contribution in [3.63, 3.8) is 0 Å². The predicted octanol–water partition coefficient (Wildman–Crippen LogP) is 2.76. The fourth-order valence-electron chi connectivity index (χ4n) is 3.22. The van der Waals surface area contributed by atoms with Gasteiger partial charge in [-0.25, -0.2) is 4.79 Å². The van der Waals surface area contributed by atoms with Crippen molar-refractivity contribution in [2.75, 3.05) is 11.9 Å². The summed E-state index contributed by atoms with van der Waals surface area (Å²) in [4.78, 5) is 23.4. The Bertz CT molecular complexity index is 656. The average molecular weight is 347 g/mol. The van der Waals surface area contributed by atoms with Gasteiger partial charge in [0.2, 0.25) is 5.91 Å². The van der Waals surface area contributed by atoms with Crippen LogP contribution in [0.25, 0.3) is 0 Å². The third-order valence-electron chi connectivity index (χ3n) is 4.50. The van der Waals surface area contributed by atoms with E-state index in [4.69, 9.17) is 9.47 Å². The van der Waals surface area contributed by atoms with Gasteiger partial charge in [-0.2, -0.15) is 0 Å². The summed E-state index contributed by atoms with van der Waals surface area (Å²) in [5, 5.41) is 7.90. The molecule has 1 aromatic rings. The molecular weight excluding hydrogens is 322 g/mol. The summed E-state index contributed by atoms with van der Waals surface area (Å²) in [6, 6.07) is 4.49. The fraction of sp³-hybridized carbons (Fsp3) is 0.556. The third kappa shape index (κ3) is 3.97. The van der Waals surface area contributed by atoms with Gasteiger partial charge < -0.3 is 20.1 Å². The molecule has 25 heavy (non-hydrogen) atoms. The molecule has 1 saturated carbocycles. The second-order valence-electron chi connectivity index (χ2n) is 6.55. The Morgan fingerprint density at radius 3 is 2.60 bits per heavy atom. The van der Waals surface area contributed by atoms with E-state index < -0.39 is 23.8 Å². The van der Waals surface area contributed by atoms with Gasteiger partial charge in [-0.05, 0) is 38.8 Å². The molecule has 3 amide bonds. The quantitative estimate of drug-likeness (QED) is 0.779. The van der Waals surface area contributed by atoms with Crippen molar-refractivity contribution in [1.29, 1.82) is 0 Å². The molecule has 1 atom stereocenters. The van der Waals surface area contributed by atoms with Crippen LogP contribution in [0.1, 0.15) is 46.0 Å². The number of carbonyl (C=O) groups is 2. The molecule has 7 nitrogen and oxygen atoms in total. The van der Waals surface area contributed by atoms with E-state index in [9.17, 15) is 9.59 Å². The number of anilines is 1. The molecule has 0 aromatic heterocycles. The zero-order valence-corrected chi connectivity index (χ0v) is 14.7. The monoisotopic (exact) mass is 347 g/mol. The molecule has 1 fully saturated rings. The highest BCUT2D eigenvalue weighted by atomic mass is 16.7. The number of ether oxygens (including phenoxy) is 2. The van der Waals surface area contributed by atoms with Crippen molar-refractivity contribution in [3.8, 4) is 11.5 Å². The topological polar surface area (TPSA) is 88.7 Å². The van der Waals surface area contributed by atoms with E-state index in [-0.39, 0.29) is 0 Å². The lowest BCUT2D eigenvalue weighted by Gasteiger charge is -2.31. The van der Waals surface area contributed by atoms with Crippen LogP contribution in [0.15, 0.2) is 18.2 Å². The number of amides is 3. The number of hydrogen-bond donors (Lipinski definition) is 3. The van der Waals surface area contributed by atoms with Crippen LogP contribution < -0.4 is 25.4 Å². The predicted molar refractivity (Wildman–Crippen MR) is 93.8 cm³/mol. The standard InChI is InChI=1S/C18H25N3O4/c1-3-19-17(23)21-16(22)12(2)20-13-7-8-14-15(11-13)25-18(24-14)9-5-4-6-10-18/h7-8,11-12,20H,3-6,9-10H2,1-2H3,(H2,19,21,22,23). The molecule has 3 rings (SSSR count). The van der Waals surface area contributed by atoms with Crippen LogP contribution in [0.3, 0.4) is 0 Å². The second kappa shape index (κ2) is 7.21. The Morgan fingerprint density at radius 2 is 1.88 bits per heavy atom. The van der Waals surface area contributed by atoms with Gasteiger partial charge in [0.15, 0.2) is 11.5 Å². The van der Waals surface area contributed by atoms with E-state index in [0.29, 0.717) is 12.3 Å². The minimum absolute atomic E-state index is 0.396. The van der Waals surface area contributed by atoms with Gasteiger partial charge in [-0.3, -0.25) is 10.1 Å². The maximum atomic E-state index is 12.0. The third-order valence-corrected chi connectivity index (χ3v) is 4.50. The summed E-state index contributed by atoms with van der Waals surface area (Å²) < 4.78 is 12.1. The molecule has 1 spiro atoms. The molecule has 3 N–H and O–H groups in total. The lowest BCUT2D eigenvalue weighted by Crippen LogP contribution is -2.45. The Labute approximate surface area is 147 Å². The van der Waals surface area contributed by atoms with Gasteiger partial charge in [0.1, 0.15) is 6.04 Å². The maximum absolute atomic E-state index is 12.0. The van der Waals surface area contributed by atoms with Gasteiger partial charge in [0.25, 0.3) is 5.79 Å². The minimum Gasteiger partial charge on any atom is -0.448 e. The number of nitrogens with one attached hydrogen (secondary N) is 3. The van der Waals surface area contributed by atoms with Crippen LogP contribution in [0, 0.1) is 0 Å². The summed E-state index contributed by atoms with van der Waals surface area (Å²) >= 11 is 0. The molecule has 1 aromatic carbocycles. The number of imide groups is 1. The van der Waals surface area contributed by atoms with E-state index in [2.05, 4.69) is 16.0 Å². The molecule has 0 saturated heterocycles. The minimum atomic E-state index is -0.563. The highest BCUT2D eigenvalue weighted by molar-refractivity contribution is 5.97. The van der Waals surface area contributed by atoms with Gasteiger partial charge in [0, 0.05) is 31.1 Å². The maximum Gasteiger partial charge on any atom is 0.321 e. The van der Waals surface area contributed by atoms with Crippen LogP contribution in [-0.4, -0.2) is 30.3 Å². The number of hydrogen-bond acceptors (Lipinski definition) is 5. The van der Waals surface area contributed by atoms with Crippen LogP contribution in [0.4, 0.5) is 10.5 Å². The normalized spacial score (nSPS) is 18.5. The largest absolute Gasteiger partial charge is 0.448 e. The van der Waals surface area contributed by atoms with E-state index in [1.807, 2.05) is 18.2 Å². The van der Waals surface area contributed by atoms with E-state index in [0.717, 1.165) is 37.1 Å². The summed E-state index contributed by atoms with van der Waals surface area (Å²) in [7, 11) is 0. The fourth-order valence-corrected chi connectivity index (χ4v) is 3.22. The highest BCUT2D eigenvalue weighted by Crippen LogP contribution is 2.46. The first-order valence-electron chi connectivity index (χ1n) is 8.89. The van der Waals surface area contributed by atoms with Crippen LogP contribution in [0.5, 0.6) is 11.5 Å². The summed E-state index contributed by atoms with van der Waals surface area (Å²) in [6.45, 7) is 3.95. The molecule has 7 heteroatoms. The number of carbonyl (C=O) groups excluding carboxylic acids is 2. The van der Waals surface area contributed by atoms with Gasteiger partial charge >= 0.3 is 6.03 Å². The molecule has 0 radical (unpaired) electrons. The second-order valence-corrected chi connectivity index (χ2v) is 6.55. The lowest BCUT2D eigenvalue weighted by atomic mass is 9.94. The molecule has 1 aliphatic heterocycles. The van der Waals surface area contributed by atoms with Crippen molar-refractivity contribution in [2.45, 2.75) is 57.8 Å². The van der Waals surface area contributed by atoms with Gasteiger partial charge in [-0.1, -0.05) is 6.42 Å². The van der Waals surface area contributed by atoms with Crippen molar-refractivity contribution < 1.29 is 19.1 Å². The summed E-state index contributed by atoms with van der Waals surface area (Å²) in [6.07, 6.45) is 5.23.